The second-order valence-electron chi connectivity index (χ2n) is 4.07. The van der Waals surface area contributed by atoms with Crippen molar-refractivity contribution in [3.05, 3.63) is 33.8 Å². The maximum atomic E-state index is 6.06. The molecule has 0 spiro atoms. The first-order valence-corrected chi connectivity index (χ1v) is 7.60. The van der Waals surface area contributed by atoms with Crippen LogP contribution in [0.3, 0.4) is 0 Å². The Labute approximate surface area is 116 Å². The smallest absolute Gasteiger partial charge is 0.0595 e. The van der Waals surface area contributed by atoms with Gasteiger partial charge in [0.1, 0.15) is 0 Å². The van der Waals surface area contributed by atoms with Crippen LogP contribution in [0, 0.1) is 0 Å². The molecule has 2 N–H and O–H groups in total. The third-order valence-corrected chi connectivity index (χ3v) is 4.72. The predicted octanol–water partition coefficient (Wildman–Crippen LogP) is 3.04. The summed E-state index contributed by atoms with van der Waals surface area (Å²) in [6, 6.07) is 6.06. The second kappa shape index (κ2) is 6.30. The lowest BCUT2D eigenvalue weighted by Crippen LogP contribution is -2.39. The molecule has 1 fully saturated rings. The van der Waals surface area contributed by atoms with Crippen molar-refractivity contribution in [2.45, 2.75) is 6.04 Å². The third-order valence-electron chi connectivity index (χ3n) is 3.04. The van der Waals surface area contributed by atoms with Crippen molar-refractivity contribution in [2.24, 2.45) is 5.73 Å². The molecule has 0 saturated carbocycles. The molecule has 1 aromatic rings. The maximum Gasteiger partial charge on any atom is 0.0595 e. The summed E-state index contributed by atoms with van der Waals surface area (Å²) in [5.41, 5.74) is 7.06. The van der Waals surface area contributed by atoms with Crippen LogP contribution in [0.15, 0.2) is 18.2 Å². The lowest BCUT2D eigenvalue weighted by Gasteiger charge is -2.34. The standard InChI is InChI=1S/C12H16Cl2N2S/c13-10-2-1-9(7-11(10)14)12(8-15)16-3-5-17-6-4-16/h1-2,7,12H,3-6,8,15H2. The van der Waals surface area contributed by atoms with Crippen molar-refractivity contribution in [3.63, 3.8) is 0 Å². The molecular formula is C12H16Cl2N2S. The first kappa shape index (κ1) is 13.5. The molecule has 17 heavy (non-hydrogen) atoms. The van der Waals surface area contributed by atoms with Crippen molar-refractivity contribution in [3.8, 4) is 0 Å². The van der Waals surface area contributed by atoms with Crippen LogP contribution in [0.25, 0.3) is 0 Å². The van der Waals surface area contributed by atoms with Crippen molar-refractivity contribution >= 4 is 35.0 Å². The van der Waals surface area contributed by atoms with Crippen LogP contribution in [0.2, 0.25) is 10.0 Å². The zero-order valence-corrected chi connectivity index (χ0v) is 11.9. The van der Waals surface area contributed by atoms with E-state index in [-0.39, 0.29) is 6.04 Å². The summed E-state index contributed by atoms with van der Waals surface area (Å²) in [6.07, 6.45) is 0. The Hall–Kier alpha value is 0.0700. The average Bonchev–Trinajstić information content (AvgIpc) is 2.36. The molecule has 2 rings (SSSR count). The number of nitrogens with two attached hydrogens (primary N) is 1. The van der Waals surface area contributed by atoms with Crippen LogP contribution in [-0.2, 0) is 0 Å². The van der Waals surface area contributed by atoms with Gasteiger partial charge in [0.05, 0.1) is 10.0 Å². The van der Waals surface area contributed by atoms with Gasteiger partial charge in [-0.25, -0.2) is 0 Å². The number of hydrogen-bond acceptors (Lipinski definition) is 3. The van der Waals surface area contributed by atoms with E-state index < -0.39 is 0 Å². The Morgan fingerprint density at radius 2 is 1.94 bits per heavy atom. The van der Waals surface area contributed by atoms with Gasteiger partial charge in [0.15, 0.2) is 0 Å². The van der Waals surface area contributed by atoms with Gasteiger partial charge in [-0.15, -0.1) is 0 Å². The van der Waals surface area contributed by atoms with E-state index in [2.05, 4.69) is 4.90 Å². The highest BCUT2D eigenvalue weighted by molar-refractivity contribution is 7.99. The van der Waals surface area contributed by atoms with E-state index >= 15 is 0 Å². The molecule has 1 unspecified atom stereocenters. The molecule has 0 radical (unpaired) electrons. The Morgan fingerprint density at radius 3 is 2.53 bits per heavy atom. The van der Waals surface area contributed by atoms with E-state index in [1.807, 2.05) is 30.0 Å². The number of thioether (sulfide) groups is 1. The van der Waals surface area contributed by atoms with Crippen LogP contribution < -0.4 is 5.73 Å². The molecule has 0 bridgehead atoms. The van der Waals surface area contributed by atoms with Gasteiger partial charge < -0.3 is 5.73 Å². The van der Waals surface area contributed by atoms with Gasteiger partial charge in [0, 0.05) is 37.2 Å². The summed E-state index contributed by atoms with van der Waals surface area (Å²) in [6.45, 7) is 2.79. The zero-order chi connectivity index (χ0) is 12.3. The molecule has 1 aromatic carbocycles. The number of nitrogens with zero attached hydrogens (tertiary/aromatic N) is 1. The van der Waals surface area contributed by atoms with E-state index in [0.29, 0.717) is 16.6 Å². The van der Waals surface area contributed by atoms with Crippen LogP contribution in [0.1, 0.15) is 11.6 Å². The fourth-order valence-corrected chi connectivity index (χ4v) is 3.34. The van der Waals surface area contributed by atoms with Crippen LogP contribution in [0.4, 0.5) is 0 Å². The first-order chi connectivity index (χ1) is 8.22. The minimum Gasteiger partial charge on any atom is -0.329 e. The lowest BCUT2D eigenvalue weighted by atomic mass is 10.1. The zero-order valence-electron chi connectivity index (χ0n) is 9.53. The lowest BCUT2D eigenvalue weighted by molar-refractivity contribution is 0.223. The molecule has 1 aliphatic heterocycles. The molecule has 2 nitrogen and oxygen atoms in total. The predicted molar refractivity (Wildman–Crippen MR) is 77.2 cm³/mol. The molecule has 1 atom stereocenters. The minimum atomic E-state index is 0.255. The van der Waals surface area contributed by atoms with Crippen LogP contribution >= 0.6 is 35.0 Å². The molecule has 1 saturated heterocycles. The number of hydrogen-bond donors (Lipinski definition) is 1. The van der Waals surface area contributed by atoms with Crippen molar-refractivity contribution < 1.29 is 0 Å². The van der Waals surface area contributed by atoms with Crippen molar-refractivity contribution in [1.29, 1.82) is 0 Å². The summed E-state index contributed by atoms with van der Waals surface area (Å²) in [7, 11) is 0. The van der Waals surface area contributed by atoms with Crippen molar-refractivity contribution in [2.75, 3.05) is 31.1 Å². The van der Waals surface area contributed by atoms with Gasteiger partial charge in [-0.1, -0.05) is 29.3 Å². The molecule has 0 aliphatic carbocycles. The Kier molecular flexibility index (Phi) is 5.00. The average molecular weight is 291 g/mol. The van der Waals surface area contributed by atoms with E-state index in [4.69, 9.17) is 28.9 Å². The first-order valence-electron chi connectivity index (χ1n) is 5.69. The summed E-state index contributed by atoms with van der Waals surface area (Å²) in [5.74, 6) is 2.36. The topological polar surface area (TPSA) is 29.3 Å². The fourth-order valence-electron chi connectivity index (χ4n) is 2.10. The Morgan fingerprint density at radius 1 is 1.24 bits per heavy atom. The molecule has 0 aromatic heterocycles. The molecule has 5 heteroatoms. The largest absolute Gasteiger partial charge is 0.329 e. The summed E-state index contributed by atoms with van der Waals surface area (Å²) < 4.78 is 0. The van der Waals surface area contributed by atoms with Gasteiger partial charge in [0.25, 0.3) is 0 Å². The summed E-state index contributed by atoms with van der Waals surface area (Å²) in [5, 5.41) is 1.20. The second-order valence-corrected chi connectivity index (χ2v) is 6.11. The molecular weight excluding hydrogens is 275 g/mol. The molecule has 0 amide bonds. The normalized spacial score (nSPS) is 19.2. The summed E-state index contributed by atoms with van der Waals surface area (Å²) in [4.78, 5) is 2.43. The van der Waals surface area contributed by atoms with Crippen LogP contribution in [-0.4, -0.2) is 36.0 Å². The fraction of sp³-hybridized carbons (Fsp3) is 0.500. The maximum absolute atomic E-state index is 6.06. The van der Waals surface area contributed by atoms with E-state index in [1.54, 1.807) is 0 Å². The Balaban J connectivity index is 2.18. The van der Waals surface area contributed by atoms with Gasteiger partial charge in [0.2, 0.25) is 0 Å². The van der Waals surface area contributed by atoms with E-state index in [9.17, 15) is 0 Å². The van der Waals surface area contributed by atoms with E-state index in [0.717, 1.165) is 18.7 Å². The minimum absolute atomic E-state index is 0.255. The molecule has 94 valence electrons. The van der Waals surface area contributed by atoms with Gasteiger partial charge in [-0.2, -0.15) is 11.8 Å². The number of rotatable bonds is 3. The van der Waals surface area contributed by atoms with Crippen molar-refractivity contribution in [1.82, 2.24) is 4.90 Å². The number of halogens is 2. The van der Waals surface area contributed by atoms with Gasteiger partial charge in [-0.3, -0.25) is 4.90 Å². The quantitative estimate of drug-likeness (QED) is 0.928. The van der Waals surface area contributed by atoms with Gasteiger partial charge in [-0.05, 0) is 17.7 Å². The highest BCUT2D eigenvalue weighted by atomic mass is 35.5. The molecule has 1 heterocycles. The van der Waals surface area contributed by atoms with Crippen LogP contribution in [0.5, 0.6) is 0 Å². The third kappa shape index (κ3) is 3.30. The van der Waals surface area contributed by atoms with E-state index in [1.165, 1.54) is 11.5 Å². The SMILES string of the molecule is NCC(c1ccc(Cl)c(Cl)c1)N1CCSCC1. The molecule has 1 aliphatic rings. The summed E-state index contributed by atoms with van der Waals surface area (Å²) >= 11 is 14.0. The Bertz CT molecular complexity index is 381. The highest BCUT2D eigenvalue weighted by Crippen LogP contribution is 2.29. The van der Waals surface area contributed by atoms with Gasteiger partial charge >= 0.3 is 0 Å². The monoisotopic (exact) mass is 290 g/mol. The number of benzene rings is 1. The highest BCUT2D eigenvalue weighted by Gasteiger charge is 2.21.